The Morgan fingerprint density at radius 1 is 1.06 bits per heavy atom. The van der Waals surface area contributed by atoms with Gasteiger partial charge in [-0.1, -0.05) is 39.5 Å². The van der Waals surface area contributed by atoms with Crippen LogP contribution in [0.2, 0.25) is 0 Å². The number of hydrogen-bond acceptors (Lipinski definition) is 4. The molecule has 0 bridgehead atoms. The number of ether oxygens (including phenoxy) is 1. The zero-order valence-electron chi connectivity index (χ0n) is 11.9. The quantitative estimate of drug-likeness (QED) is 0.279. The Kier molecular flexibility index (Phi) is 15.1. The van der Waals surface area contributed by atoms with Crippen LogP contribution < -0.4 is 34.7 Å². The van der Waals surface area contributed by atoms with E-state index in [1.807, 2.05) is 0 Å². The number of rotatable bonds is 10. The minimum Gasteiger partial charge on any atom is -0.550 e. The molecule has 0 amide bonds. The molecule has 0 aromatic carbocycles. The minimum atomic E-state index is -1.21. The number of esters is 1. The van der Waals surface area contributed by atoms with Crippen LogP contribution in [-0.2, 0) is 14.3 Å². The molecule has 0 aliphatic carbocycles. The molecule has 0 aliphatic rings. The summed E-state index contributed by atoms with van der Waals surface area (Å²) in [6.45, 7) is 4.81. The zero-order valence-corrected chi connectivity index (χ0v) is 13.9. The monoisotopic (exact) mass is 266 g/mol. The van der Waals surface area contributed by atoms with Crippen LogP contribution in [0.1, 0.15) is 58.8 Å². The molecule has 0 unspecified atom stereocenters. The molecule has 5 heteroatoms. The Morgan fingerprint density at radius 3 is 2.22 bits per heavy atom. The van der Waals surface area contributed by atoms with Gasteiger partial charge in [0.15, 0.2) is 0 Å². The maximum absolute atomic E-state index is 11.0. The summed E-state index contributed by atoms with van der Waals surface area (Å²) in [5.74, 6) is -0.913. The zero-order chi connectivity index (χ0) is 13.1. The first-order chi connectivity index (χ1) is 8.02. The smallest absolute Gasteiger partial charge is 0.550 e. The van der Waals surface area contributed by atoms with Crippen molar-refractivity contribution < 1.29 is 49.0 Å². The van der Waals surface area contributed by atoms with Crippen LogP contribution >= 0.6 is 0 Å². The van der Waals surface area contributed by atoms with E-state index in [1.165, 1.54) is 12.8 Å². The summed E-state index contributed by atoms with van der Waals surface area (Å²) < 4.78 is 4.89. The summed E-state index contributed by atoms with van der Waals surface area (Å²) in [6.07, 6.45) is 5.19. The van der Waals surface area contributed by atoms with Gasteiger partial charge < -0.3 is 14.6 Å². The Hall–Kier alpha value is -0.0600. The summed E-state index contributed by atoms with van der Waals surface area (Å²) in [5.41, 5.74) is 0. The van der Waals surface area contributed by atoms with Gasteiger partial charge in [0.05, 0.1) is 13.0 Å². The maximum Gasteiger partial charge on any atom is 1.00 e. The molecular formula is C13H23NaO4. The minimum absolute atomic E-state index is 0. The second-order valence-corrected chi connectivity index (χ2v) is 4.69. The van der Waals surface area contributed by atoms with E-state index in [9.17, 15) is 14.7 Å². The van der Waals surface area contributed by atoms with Crippen molar-refractivity contribution in [2.45, 2.75) is 58.8 Å². The molecule has 0 radical (unpaired) electrons. The molecular weight excluding hydrogens is 243 g/mol. The van der Waals surface area contributed by atoms with Gasteiger partial charge >= 0.3 is 35.5 Å². The van der Waals surface area contributed by atoms with Crippen molar-refractivity contribution in [3.05, 3.63) is 0 Å². The molecule has 0 aromatic rings. The van der Waals surface area contributed by atoms with Crippen LogP contribution in [0.3, 0.4) is 0 Å². The van der Waals surface area contributed by atoms with Crippen molar-refractivity contribution in [2.24, 2.45) is 5.92 Å². The van der Waals surface area contributed by atoms with Gasteiger partial charge in [-0.15, -0.1) is 0 Å². The number of carboxylic acid groups (broad SMARTS) is 1. The van der Waals surface area contributed by atoms with Crippen LogP contribution in [0.25, 0.3) is 0 Å². The average Bonchev–Trinajstić information content (AvgIpc) is 2.24. The summed E-state index contributed by atoms with van der Waals surface area (Å²) in [5, 5.41) is 10.1. The first-order valence-corrected chi connectivity index (χ1v) is 6.38. The van der Waals surface area contributed by atoms with E-state index in [-0.39, 0.29) is 42.4 Å². The van der Waals surface area contributed by atoms with Crippen molar-refractivity contribution >= 4 is 11.9 Å². The van der Waals surface area contributed by atoms with Crippen LogP contribution in [0, 0.1) is 5.92 Å². The van der Waals surface area contributed by atoms with E-state index in [0.29, 0.717) is 6.61 Å². The van der Waals surface area contributed by atoms with Crippen LogP contribution in [-0.4, -0.2) is 18.5 Å². The standard InChI is InChI=1S/C13H24O4.Na/c1-11(2)7-5-3-4-6-10-17-13(16)9-8-12(14)15;/h11H,3-10H2,1-2H3,(H,14,15);/q;+1/p-1. The van der Waals surface area contributed by atoms with E-state index in [1.54, 1.807) is 0 Å². The van der Waals surface area contributed by atoms with Gasteiger partial charge in [0, 0.05) is 5.97 Å². The Balaban J connectivity index is 0. The van der Waals surface area contributed by atoms with Gasteiger partial charge in [-0.3, -0.25) is 4.79 Å². The van der Waals surface area contributed by atoms with Gasteiger partial charge in [0.2, 0.25) is 0 Å². The van der Waals surface area contributed by atoms with Gasteiger partial charge in [0.25, 0.3) is 0 Å². The fourth-order valence-corrected chi connectivity index (χ4v) is 1.47. The molecule has 0 rings (SSSR count). The average molecular weight is 266 g/mol. The summed E-state index contributed by atoms with van der Waals surface area (Å²) in [7, 11) is 0. The van der Waals surface area contributed by atoms with E-state index < -0.39 is 11.9 Å². The van der Waals surface area contributed by atoms with Crippen LogP contribution in [0.4, 0.5) is 0 Å². The van der Waals surface area contributed by atoms with Gasteiger partial charge in [0.1, 0.15) is 0 Å². The molecule has 4 nitrogen and oxygen atoms in total. The molecule has 0 saturated carbocycles. The third-order valence-corrected chi connectivity index (χ3v) is 2.47. The largest absolute Gasteiger partial charge is 1.00 e. The Bertz CT molecular complexity index is 229. The number of aliphatic carboxylic acids is 1. The molecule has 100 valence electrons. The molecule has 0 spiro atoms. The van der Waals surface area contributed by atoms with Crippen molar-refractivity contribution in [1.29, 1.82) is 0 Å². The fraction of sp³-hybridized carbons (Fsp3) is 0.846. The third kappa shape index (κ3) is 15.9. The maximum atomic E-state index is 11.0. The first-order valence-electron chi connectivity index (χ1n) is 6.38. The third-order valence-electron chi connectivity index (χ3n) is 2.47. The van der Waals surface area contributed by atoms with E-state index in [0.717, 1.165) is 25.2 Å². The van der Waals surface area contributed by atoms with E-state index in [2.05, 4.69) is 13.8 Å². The van der Waals surface area contributed by atoms with Crippen LogP contribution in [0.15, 0.2) is 0 Å². The molecule has 0 atom stereocenters. The summed E-state index contributed by atoms with van der Waals surface area (Å²) in [4.78, 5) is 21.1. The number of carboxylic acids is 1. The number of hydrogen-bond donors (Lipinski definition) is 0. The normalized spacial score (nSPS) is 9.94. The van der Waals surface area contributed by atoms with E-state index in [4.69, 9.17) is 4.74 Å². The predicted octanol–water partition coefficient (Wildman–Crippen LogP) is -1.33. The van der Waals surface area contributed by atoms with Crippen molar-refractivity contribution in [3.8, 4) is 0 Å². The SMILES string of the molecule is CC(C)CCCCCCOC(=O)CCC(=O)[O-].[Na+]. The van der Waals surface area contributed by atoms with Crippen LogP contribution in [0.5, 0.6) is 0 Å². The molecule has 0 aliphatic heterocycles. The second-order valence-electron chi connectivity index (χ2n) is 4.69. The van der Waals surface area contributed by atoms with E-state index >= 15 is 0 Å². The van der Waals surface area contributed by atoms with Crippen molar-refractivity contribution in [3.63, 3.8) is 0 Å². The second kappa shape index (κ2) is 13.4. The molecule has 0 fully saturated rings. The molecule has 0 saturated heterocycles. The molecule has 0 aromatic heterocycles. The molecule has 18 heavy (non-hydrogen) atoms. The number of carbonyl (C=O) groups is 2. The van der Waals surface area contributed by atoms with Gasteiger partial charge in [-0.25, -0.2) is 0 Å². The molecule has 0 N–H and O–H groups in total. The first kappa shape index (κ1) is 20.3. The summed E-state index contributed by atoms with van der Waals surface area (Å²) >= 11 is 0. The van der Waals surface area contributed by atoms with Crippen molar-refractivity contribution in [2.75, 3.05) is 6.61 Å². The summed E-state index contributed by atoms with van der Waals surface area (Å²) in [6, 6.07) is 0. The Labute approximate surface area is 132 Å². The predicted molar refractivity (Wildman–Crippen MR) is 63.1 cm³/mol. The van der Waals surface area contributed by atoms with Gasteiger partial charge in [-0.2, -0.15) is 0 Å². The number of carbonyl (C=O) groups excluding carboxylic acids is 2. The number of unbranched alkanes of at least 4 members (excludes halogenated alkanes) is 3. The van der Waals surface area contributed by atoms with Crippen molar-refractivity contribution in [1.82, 2.24) is 0 Å². The topological polar surface area (TPSA) is 66.4 Å². The molecule has 0 heterocycles. The fourth-order valence-electron chi connectivity index (χ4n) is 1.47. The van der Waals surface area contributed by atoms with Gasteiger partial charge in [-0.05, 0) is 18.8 Å². The Morgan fingerprint density at radius 2 is 1.67 bits per heavy atom.